The van der Waals surface area contributed by atoms with Crippen molar-refractivity contribution in [1.82, 2.24) is 9.80 Å². The fourth-order valence-corrected chi connectivity index (χ4v) is 3.73. The molecule has 120 valence electrons. The summed E-state index contributed by atoms with van der Waals surface area (Å²) in [6.07, 6.45) is 3.99. The number of rotatable bonds is 3. The van der Waals surface area contributed by atoms with E-state index in [0.717, 1.165) is 43.3 Å². The highest BCUT2D eigenvalue weighted by molar-refractivity contribution is 8.18. The number of amides is 2. The van der Waals surface area contributed by atoms with E-state index in [4.69, 9.17) is 9.47 Å². The maximum absolute atomic E-state index is 12.5. The fourth-order valence-electron chi connectivity index (χ4n) is 2.90. The van der Waals surface area contributed by atoms with Crippen molar-refractivity contribution in [3.63, 3.8) is 0 Å². The van der Waals surface area contributed by atoms with E-state index in [1.807, 2.05) is 18.2 Å². The van der Waals surface area contributed by atoms with Crippen LogP contribution in [0, 0.1) is 0 Å². The molecule has 2 saturated heterocycles. The Hall–Kier alpha value is -1.99. The maximum atomic E-state index is 12.5. The molecule has 0 aromatic heterocycles. The molecule has 2 amide bonds. The third kappa shape index (κ3) is 2.82. The van der Waals surface area contributed by atoms with Gasteiger partial charge in [0.15, 0.2) is 11.5 Å². The number of hydrogen-bond donors (Lipinski definition) is 0. The number of likely N-dealkylation sites (tertiary alicyclic amines) is 1. The first kappa shape index (κ1) is 14.6. The van der Waals surface area contributed by atoms with Crippen LogP contribution in [-0.2, 0) is 4.79 Å². The minimum Gasteiger partial charge on any atom is -0.454 e. The van der Waals surface area contributed by atoms with Crippen LogP contribution in [0.5, 0.6) is 11.5 Å². The molecule has 0 bridgehead atoms. The quantitative estimate of drug-likeness (QED) is 0.793. The Morgan fingerprint density at radius 2 is 1.91 bits per heavy atom. The Labute approximate surface area is 138 Å². The molecule has 0 unspecified atom stereocenters. The van der Waals surface area contributed by atoms with Crippen LogP contribution in [0.2, 0.25) is 0 Å². The Morgan fingerprint density at radius 3 is 2.74 bits per heavy atom. The molecule has 23 heavy (non-hydrogen) atoms. The monoisotopic (exact) mass is 332 g/mol. The predicted molar refractivity (Wildman–Crippen MR) is 86.0 cm³/mol. The third-order valence-corrected chi connectivity index (χ3v) is 5.02. The van der Waals surface area contributed by atoms with E-state index >= 15 is 0 Å². The van der Waals surface area contributed by atoms with E-state index in [2.05, 4.69) is 4.90 Å². The number of nitrogens with zero attached hydrogens (tertiary/aromatic N) is 2. The summed E-state index contributed by atoms with van der Waals surface area (Å²) in [6, 6.07) is 5.47. The van der Waals surface area contributed by atoms with E-state index in [0.29, 0.717) is 23.1 Å². The van der Waals surface area contributed by atoms with Gasteiger partial charge in [0, 0.05) is 0 Å². The van der Waals surface area contributed by atoms with Crippen molar-refractivity contribution in [2.75, 3.05) is 26.6 Å². The lowest BCUT2D eigenvalue weighted by Crippen LogP contribution is -2.38. The molecule has 0 saturated carbocycles. The molecule has 0 radical (unpaired) electrons. The molecule has 0 N–H and O–H groups in total. The number of carbonyl (C=O) groups is 2. The van der Waals surface area contributed by atoms with Crippen LogP contribution in [0.4, 0.5) is 4.79 Å². The Morgan fingerprint density at radius 1 is 1.13 bits per heavy atom. The summed E-state index contributed by atoms with van der Waals surface area (Å²) in [5.74, 6) is 1.14. The molecule has 1 aromatic carbocycles. The van der Waals surface area contributed by atoms with Gasteiger partial charge in [0.25, 0.3) is 11.1 Å². The zero-order chi connectivity index (χ0) is 15.8. The highest BCUT2D eigenvalue weighted by Crippen LogP contribution is 2.36. The number of thioether (sulfide) groups is 1. The Balaban J connectivity index is 1.52. The molecule has 6 nitrogen and oxygen atoms in total. The van der Waals surface area contributed by atoms with E-state index in [1.165, 1.54) is 4.90 Å². The highest BCUT2D eigenvalue weighted by atomic mass is 32.2. The average Bonchev–Trinajstić information content (AvgIpc) is 3.26. The number of benzene rings is 1. The zero-order valence-corrected chi connectivity index (χ0v) is 13.3. The summed E-state index contributed by atoms with van der Waals surface area (Å²) >= 11 is 0.993. The van der Waals surface area contributed by atoms with Gasteiger partial charge in [-0.2, -0.15) is 0 Å². The van der Waals surface area contributed by atoms with Crippen molar-refractivity contribution in [3.05, 3.63) is 28.7 Å². The van der Waals surface area contributed by atoms with Crippen LogP contribution in [0.15, 0.2) is 23.1 Å². The van der Waals surface area contributed by atoms with Gasteiger partial charge in [0.1, 0.15) is 0 Å². The predicted octanol–water partition coefficient (Wildman–Crippen LogP) is 2.50. The van der Waals surface area contributed by atoms with Crippen molar-refractivity contribution in [2.45, 2.75) is 12.8 Å². The smallest absolute Gasteiger partial charge is 0.294 e. The second-order valence-electron chi connectivity index (χ2n) is 5.69. The fraction of sp³-hybridized carbons (Fsp3) is 0.375. The Bertz CT molecular complexity index is 697. The first-order valence-corrected chi connectivity index (χ1v) is 8.40. The number of imide groups is 1. The zero-order valence-electron chi connectivity index (χ0n) is 12.5. The standard InChI is InChI=1S/C16H16N2O4S/c19-15-14(8-11-3-4-12-13(7-11)22-10-21-12)23-16(20)18(15)9-17-5-1-2-6-17/h3-4,7-8H,1-2,5-6,9-10H2/b14-8+. The van der Waals surface area contributed by atoms with Crippen molar-refractivity contribution in [3.8, 4) is 11.5 Å². The van der Waals surface area contributed by atoms with Gasteiger partial charge in [0.05, 0.1) is 11.6 Å². The van der Waals surface area contributed by atoms with Crippen molar-refractivity contribution >= 4 is 29.0 Å². The highest BCUT2D eigenvalue weighted by Gasteiger charge is 2.36. The average molecular weight is 332 g/mol. The SMILES string of the molecule is O=C1S/C(=C/c2ccc3c(c2)OCO3)C(=O)N1CN1CCCC1. The summed E-state index contributed by atoms with van der Waals surface area (Å²) in [5, 5.41) is -0.200. The van der Waals surface area contributed by atoms with Crippen molar-refractivity contribution in [1.29, 1.82) is 0 Å². The van der Waals surface area contributed by atoms with Crippen LogP contribution in [-0.4, -0.2) is 47.5 Å². The lowest BCUT2D eigenvalue weighted by Gasteiger charge is -2.20. The second-order valence-corrected chi connectivity index (χ2v) is 6.68. The molecule has 3 heterocycles. The number of fused-ring (bicyclic) bond motifs is 1. The molecule has 7 heteroatoms. The number of hydrogen-bond acceptors (Lipinski definition) is 6. The van der Waals surface area contributed by atoms with Gasteiger partial charge >= 0.3 is 0 Å². The van der Waals surface area contributed by atoms with E-state index in [1.54, 1.807) is 6.08 Å². The summed E-state index contributed by atoms with van der Waals surface area (Å²) in [7, 11) is 0. The van der Waals surface area contributed by atoms with Crippen LogP contribution in [0.1, 0.15) is 18.4 Å². The topological polar surface area (TPSA) is 59.1 Å². The largest absolute Gasteiger partial charge is 0.454 e. The van der Waals surface area contributed by atoms with Crippen LogP contribution in [0.25, 0.3) is 6.08 Å². The molecule has 1 aromatic rings. The third-order valence-electron chi connectivity index (χ3n) is 4.11. The van der Waals surface area contributed by atoms with Gasteiger partial charge in [0.2, 0.25) is 6.79 Å². The molecule has 3 aliphatic rings. The maximum Gasteiger partial charge on any atom is 0.294 e. The minimum absolute atomic E-state index is 0.200. The van der Waals surface area contributed by atoms with E-state index < -0.39 is 0 Å². The first-order valence-electron chi connectivity index (χ1n) is 7.58. The van der Waals surface area contributed by atoms with Crippen molar-refractivity contribution in [2.24, 2.45) is 0 Å². The van der Waals surface area contributed by atoms with Gasteiger partial charge < -0.3 is 9.47 Å². The lowest BCUT2D eigenvalue weighted by molar-refractivity contribution is -0.124. The van der Waals surface area contributed by atoms with E-state index in [9.17, 15) is 9.59 Å². The molecule has 2 fully saturated rings. The summed E-state index contributed by atoms with van der Waals surface area (Å²) in [4.78, 5) is 28.5. The molecular weight excluding hydrogens is 316 g/mol. The van der Waals surface area contributed by atoms with Crippen LogP contribution >= 0.6 is 11.8 Å². The van der Waals surface area contributed by atoms with Gasteiger partial charge in [-0.05, 0) is 61.5 Å². The van der Waals surface area contributed by atoms with Crippen LogP contribution in [0.3, 0.4) is 0 Å². The minimum atomic E-state index is -0.218. The number of ether oxygens (including phenoxy) is 2. The normalized spacial score (nSPS) is 22.6. The van der Waals surface area contributed by atoms with Crippen molar-refractivity contribution < 1.29 is 19.1 Å². The van der Waals surface area contributed by atoms with E-state index in [-0.39, 0.29) is 17.9 Å². The summed E-state index contributed by atoms with van der Waals surface area (Å²) < 4.78 is 10.6. The van der Waals surface area contributed by atoms with Gasteiger partial charge in [-0.15, -0.1) is 0 Å². The molecule has 4 rings (SSSR count). The van der Waals surface area contributed by atoms with Gasteiger partial charge in [-0.3, -0.25) is 19.4 Å². The summed E-state index contributed by atoms with van der Waals surface area (Å²) in [5.41, 5.74) is 0.820. The molecule has 0 atom stereocenters. The van der Waals surface area contributed by atoms with Gasteiger partial charge in [-0.25, -0.2) is 0 Å². The second kappa shape index (κ2) is 5.90. The molecule has 0 spiro atoms. The van der Waals surface area contributed by atoms with Crippen LogP contribution < -0.4 is 9.47 Å². The molecular formula is C16H16N2O4S. The molecule has 0 aliphatic carbocycles. The summed E-state index contributed by atoms with van der Waals surface area (Å²) in [6.45, 7) is 2.50. The number of carbonyl (C=O) groups excluding carboxylic acids is 2. The lowest BCUT2D eigenvalue weighted by atomic mass is 10.2. The molecule has 3 aliphatic heterocycles. The first-order chi connectivity index (χ1) is 11.2. The Kier molecular flexibility index (Phi) is 3.74. The van der Waals surface area contributed by atoms with Gasteiger partial charge in [-0.1, -0.05) is 6.07 Å².